The summed E-state index contributed by atoms with van der Waals surface area (Å²) < 4.78 is 37.6. The van der Waals surface area contributed by atoms with E-state index in [9.17, 15) is 23.1 Å². The second kappa shape index (κ2) is 9.45. The Kier molecular flexibility index (Phi) is 6.72. The molecule has 6 nitrogen and oxygen atoms in total. The lowest BCUT2D eigenvalue weighted by atomic mass is 10.1. The second-order valence-corrected chi connectivity index (χ2v) is 6.88. The summed E-state index contributed by atoms with van der Waals surface area (Å²) in [5, 5.41) is 13.5. The minimum absolute atomic E-state index is 0.0789. The highest BCUT2D eigenvalue weighted by atomic mass is 19.4. The van der Waals surface area contributed by atoms with Gasteiger partial charge in [0.2, 0.25) is 0 Å². The molecule has 1 amide bonds. The monoisotopic (exact) mass is 428 g/mol. The van der Waals surface area contributed by atoms with E-state index in [2.05, 4.69) is 21.9 Å². The molecule has 160 valence electrons. The van der Waals surface area contributed by atoms with Gasteiger partial charge in [-0.05, 0) is 11.6 Å². The molecule has 0 unspecified atom stereocenters. The van der Waals surface area contributed by atoms with Crippen molar-refractivity contribution in [2.45, 2.75) is 18.8 Å². The third-order valence-corrected chi connectivity index (χ3v) is 4.32. The van der Waals surface area contributed by atoms with Gasteiger partial charge in [0.05, 0.1) is 23.4 Å². The molecule has 0 saturated carbocycles. The fourth-order valence-electron chi connectivity index (χ4n) is 2.87. The number of aromatic nitrogens is 3. The minimum atomic E-state index is -4.61. The number of benzene rings is 1. The number of aliphatic hydroxyl groups is 1. The first kappa shape index (κ1) is 22.1. The van der Waals surface area contributed by atoms with Gasteiger partial charge in [0.15, 0.2) is 0 Å². The maximum Gasteiger partial charge on any atom is 0.504 e. The van der Waals surface area contributed by atoms with Gasteiger partial charge in [-0.1, -0.05) is 42.2 Å². The van der Waals surface area contributed by atoms with E-state index < -0.39 is 12.4 Å². The van der Waals surface area contributed by atoms with Crippen molar-refractivity contribution in [2.75, 3.05) is 13.6 Å². The molecule has 1 aromatic carbocycles. The molecule has 0 spiro atoms. The molecule has 3 aromatic rings. The standard InChI is InChI=1S/C22H19F3N4O2/c1-28(15-20(30)10-16-5-3-2-4-6-16)21(31)19-9-17(11-26-13-19)7-8-18-12-27-29(14-18)22(23,24)25/h2-6,9,11-14,20,30H,10,15H2,1H3/t20-/m0/s1. The number of nitrogens with zero attached hydrogens (tertiary/aromatic N) is 4. The maximum atomic E-state index is 12.7. The van der Waals surface area contributed by atoms with Gasteiger partial charge in [0.25, 0.3) is 5.91 Å². The molecule has 1 atom stereocenters. The summed E-state index contributed by atoms with van der Waals surface area (Å²) in [6, 6.07) is 10.9. The Morgan fingerprint density at radius 2 is 1.87 bits per heavy atom. The van der Waals surface area contributed by atoms with Crippen LogP contribution in [-0.2, 0) is 12.7 Å². The Morgan fingerprint density at radius 1 is 1.16 bits per heavy atom. The number of hydrogen-bond donors (Lipinski definition) is 1. The molecule has 3 rings (SSSR count). The Hall–Kier alpha value is -3.64. The number of likely N-dealkylation sites (N-methyl/N-ethyl adjacent to an activating group) is 1. The molecule has 0 radical (unpaired) electrons. The van der Waals surface area contributed by atoms with Crippen molar-refractivity contribution in [3.05, 3.63) is 83.4 Å². The van der Waals surface area contributed by atoms with Crippen molar-refractivity contribution in [3.8, 4) is 11.8 Å². The van der Waals surface area contributed by atoms with Gasteiger partial charge in [-0.25, -0.2) is 0 Å². The Bertz CT molecular complexity index is 1100. The van der Waals surface area contributed by atoms with Gasteiger partial charge in [-0.15, -0.1) is 13.2 Å². The molecule has 0 bridgehead atoms. The molecule has 0 saturated heterocycles. The van der Waals surface area contributed by atoms with Crippen LogP contribution >= 0.6 is 0 Å². The number of alkyl halides is 3. The van der Waals surface area contributed by atoms with Gasteiger partial charge in [-0.3, -0.25) is 9.78 Å². The Morgan fingerprint density at radius 3 is 2.55 bits per heavy atom. The summed E-state index contributed by atoms with van der Waals surface area (Å²) in [6.45, 7) is 0.125. The molecule has 9 heteroatoms. The zero-order valence-corrected chi connectivity index (χ0v) is 16.5. The number of carbonyl (C=O) groups is 1. The van der Waals surface area contributed by atoms with Crippen LogP contribution < -0.4 is 0 Å². The molecule has 2 heterocycles. The summed E-state index contributed by atoms with van der Waals surface area (Å²) in [7, 11) is 1.57. The van der Waals surface area contributed by atoms with Crippen molar-refractivity contribution in [1.82, 2.24) is 19.7 Å². The first-order valence-corrected chi connectivity index (χ1v) is 9.29. The van der Waals surface area contributed by atoms with Crippen molar-refractivity contribution < 1.29 is 23.1 Å². The molecule has 0 fully saturated rings. The van der Waals surface area contributed by atoms with E-state index in [1.165, 1.54) is 23.4 Å². The average molecular weight is 428 g/mol. The van der Waals surface area contributed by atoms with E-state index in [1.54, 1.807) is 7.05 Å². The second-order valence-electron chi connectivity index (χ2n) is 6.88. The van der Waals surface area contributed by atoms with E-state index in [-0.39, 0.29) is 28.3 Å². The summed E-state index contributed by atoms with van der Waals surface area (Å²) in [6.07, 6.45) is -0.380. The molecular formula is C22H19F3N4O2. The fourth-order valence-corrected chi connectivity index (χ4v) is 2.87. The lowest BCUT2D eigenvalue weighted by Crippen LogP contribution is -2.35. The number of halogens is 3. The Labute approximate surface area is 177 Å². The third kappa shape index (κ3) is 6.17. The van der Waals surface area contributed by atoms with E-state index >= 15 is 0 Å². The largest absolute Gasteiger partial charge is 0.504 e. The van der Waals surface area contributed by atoms with Crippen LogP contribution in [0.5, 0.6) is 0 Å². The topological polar surface area (TPSA) is 71.2 Å². The predicted molar refractivity (Wildman–Crippen MR) is 107 cm³/mol. The lowest BCUT2D eigenvalue weighted by molar-refractivity contribution is -0.212. The van der Waals surface area contributed by atoms with Crippen molar-refractivity contribution in [1.29, 1.82) is 0 Å². The highest BCUT2D eigenvalue weighted by molar-refractivity contribution is 5.94. The van der Waals surface area contributed by atoms with Crippen LogP contribution in [0.4, 0.5) is 13.2 Å². The first-order valence-electron chi connectivity index (χ1n) is 9.29. The third-order valence-electron chi connectivity index (χ3n) is 4.32. The number of aliphatic hydroxyl groups excluding tert-OH is 1. The molecule has 0 aliphatic rings. The van der Waals surface area contributed by atoms with Crippen LogP contribution in [0.3, 0.4) is 0 Å². The van der Waals surface area contributed by atoms with Gasteiger partial charge >= 0.3 is 6.30 Å². The average Bonchev–Trinajstić information content (AvgIpc) is 3.22. The maximum absolute atomic E-state index is 12.7. The lowest BCUT2D eigenvalue weighted by Gasteiger charge is -2.21. The summed E-state index contributed by atoms with van der Waals surface area (Å²) in [5.74, 6) is 4.90. The van der Waals surface area contributed by atoms with Crippen molar-refractivity contribution >= 4 is 5.91 Å². The highest BCUT2D eigenvalue weighted by Gasteiger charge is 2.31. The van der Waals surface area contributed by atoms with Gasteiger partial charge in [0, 0.05) is 44.2 Å². The molecule has 0 aliphatic carbocycles. The first-order chi connectivity index (χ1) is 14.7. The summed E-state index contributed by atoms with van der Waals surface area (Å²) in [4.78, 5) is 18.0. The van der Waals surface area contributed by atoms with Crippen LogP contribution in [0, 0.1) is 11.8 Å². The van der Waals surface area contributed by atoms with Crippen LogP contribution in [0.1, 0.15) is 27.0 Å². The van der Waals surface area contributed by atoms with E-state index in [1.807, 2.05) is 30.3 Å². The number of pyridine rings is 1. The van der Waals surface area contributed by atoms with E-state index in [0.29, 0.717) is 12.0 Å². The zero-order valence-electron chi connectivity index (χ0n) is 16.5. The molecule has 31 heavy (non-hydrogen) atoms. The van der Waals surface area contributed by atoms with E-state index in [0.717, 1.165) is 18.0 Å². The predicted octanol–water partition coefficient (Wildman–Crippen LogP) is 2.83. The number of rotatable bonds is 5. The molecule has 2 aromatic heterocycles. The van der Waals surface area contributed by atoms with Gasteiger partial charge in [-0.2, -0.15) is 9.78 Å². The van der Waals surface area contributed by atoms with Crippen molar-refractivity contribution in [3.63, 3.8) is 0 Å². The molecular weight excluding hydrogens is 409 g/mol. The summed E-state index contributed by atoms with van der Waals surface area (Å²) >= 11 is 0. The number of hydrogen-bond acceptors (Lipinski definition) is 4. The van der Waals surface area contributed by atoms with Crippen LogP contribution in [0.15, 0.2) is 61.2 Å². The smallest absolute Gasteiger partial charge is 0.391 e. The van der Waals surface area contributed by atoms with Crippen LogP contribution in [-0.4, -0.2) is 50.4 Å². The molecule has 1 N–H and O–H groups in total. The molecule has 0 aliphatic heterocycles. The van der Waals surface area contributed by atoms with Crippen LogP contribution in [0.25, 0.3) is 0 Å². The number of carbonyl (C=O) groups excluding carboxylic acids is 1. The van der Waals surface area contributed by atoms with Gasteiger partial charge in [0.1, 0.15) is 0 Å². The fraction of sp³-hybridized carbons (Fsp3) is 0.227. The van der Waals surface area contributed by atoms with Crippen molar-refractivity contribution in [2.24, 2.45) is 0 Å². The highest BCUT2D eigenvalue weighted by Crippen LogP contribution is 2.20. The van der Waals surface area contributed by atoms with Gasteiger partial charge < -0.3 is 10.0 Å². The quantitative estimate of drug-likeness (QED) is 0.635. The Balaban J connectivity index is 1.65. The SMILES string of the molecule is CN(C[C@@H](O)Cc1ccccc1)C(=O)c1cncc(C#Cc2cnn(C(F)(F)F)c2)c1. The normalized spacial score (nSPS) is 12.0. The number of amides is 1. The summed E-state index contributed by atoms with van der Waals surface area (Å²) in [5.41, 5.74) is 1.66. The zero-order chi connectivity index (χ0) is 22.4. The van der Waals surface area contributed by atoms with Crippen LogP contribution in [0.2, 0.25) is 0 Å². The van der Waals surface area contributed by atoms with E-state index in [4.69, 9.17) is 0 Å². The minimum Gasteiger partial charge on any atom is -0.391 e.